The minimum absolute atomic E-state index is 0.255. The van der Waals surface area contributed by atoms with Gasteiger partial charge in [-0.1, -0.05) is 26.0 Å². The molecule has 0 aromatic heterocycles. The van der Waals surface area contributed by atoms with Gasteiger partial charge in [0.1, 0.15) is 0 Å². The molecule has 15 heavy (non-hydrogen) atoms. The summed E-state index contributed by atoms with van der Waals surface area (Å²) >= 11 is 0. The van der Waals surface area contributed by atoms with Crippen molar-refractivity contribution in [1.29, 1.82) is 0 Å². The zero-order valence-corrected chi connectivity index (χ0v) is 9.50. The fourth-order valence-electron chi connectivity index (χ4n) is 2.13. The molecule has 1 aliphatic rings. The van der Waals surface area contributed by atoms with Gasteiger partial charge in [-0.15, -0.1) is 0 Å². The quantitative estimate of drug-likeness (QED) is 0.759. The van der Waals surface area contributed by atoms with Gasteiger partial charge < -0.3 is 5.32 Å². The zero-order chi connectivity index (χ0) is 11.0. The molecule has 0 fully saturated rings. The number of benzene rings is 1. The first-order chi connectivity index (χ1) is 7.09. The molecular formula is C13H17NO. The van der Waals surface area contributed by atoms with Crippen molar-refractivity contribution in [2.45, 2.75) is 39.2 Å². The molecule has 1 aromatic carbocycles. The Morgan fingerprint density at radius 3 is 2.80 bits per heavy atom. The Morgan fingerprint density at radius 2 is 2.13 bits per heavy atom. The number of rotatable bonds is 1. The number of anilines is 1. The highest BCUT2D eigenvalue weighted by Gasteiger charge is 2.23. The van der Waals surface area contributed by atoms with Crippen LogP contribution >= 0.6 is 0 Å². The van der Waals surface area contributed by atoms with Crippen LogP contribution in [-0.2, 0) is 0 Å². The summed E-state index contributed by atoms with van der Waals surface area (Å²) in [5.74, 6) is 0.712. The highest BCUT2D eigenvalue weighted by molar-refractivity contribution is 6.04. The molecule has 0 aliphatic carbocycles. The molecule has 1 heterocycles. The van der Waals surface area contributed by atoms with Crippen LogP contribution in [0.3, 0.4) is 0 Å². The predicted octanol–water partition coefficient (Wildman–Crippen LogP) is 3.20. The normalized spacial score (nSPS) is 20.0. The number of nitrogens with one attached hydrogen (secondary N) is 1. The van der Waals surface area contributed by atoms with E-state index in [1.165, 1.54) is 5.56 Å². The summed E-state index contributed by atoms with van der Waals surface area (Å²) in [6.45, 7) is 6.36. The van der Waals surface area contributed by atoms with Gasteiger partial charge in [-0.25, -0.2) is 0 Å². The van der Waals surface area contributed by atoms with Crippen LogP contribution in [-0.4, -0.2) is 11.8 Å². The summed E-state index contributed by atoms with van der Waals surface area (Å²) < 4.78 is 0. The van der Waals surface area contributed by atoms with Crippen molar-refractivity contribution < 1.29 is 4.79 Å². The van der Waals surface area contributed by atoms with E-state index in [-0.39, 0.29) is 11.8 Å². The SMILES string of the molecule is CC1CC(=O)c2cccc(C(C)C)c2N1. The van der Waals surface area contributed by atoms with Gasteiger partial charge in [0.2, 0.25) is 0 Å². The van der Waals surface area contributed by atoms with E-state index in [9.17, 15) is 4.79 Å². The van der Waals surface area contributed by atoms with Crippen LogP contribution in [0, 0.1) is 0 Å². The molecule has 0 amide bonds. The first-order valence-electron chi connectivity index (χ1n) is 5.52. The van der Waals surface area contributed by atoms with Crippen LogP contribution in [0.15, 0.2) is 18.2 Å². The predicted molar refractivity (Wildman–Crippen MR) is 62.6 cm³/mol. The number of hydrogen-bond acceptors (Lipinski definition) is 2. The standard InChI is InChI=1S/C13H17NO/c1-8(2)10-5-4-6-11-12(15)7-9(3)14-13(10)11/h4-6,8-9,14H,7H2,1-3H3. The molecule has 1 unspecified atom stereocenters. The zero-order valence-electron chi connectivity index (χ0n) is 9.50. The average Bonchev–Trinajstić information content (AvgIpc) is 2.16. The number of fused-ring (bicyclic) bond motifs is 1. The summed E-state index contributed by atoms with van der Waals surface area (Å²) in [5, 5.41) is 3.42. The lowest BCUT2D eigenvalue weighted by atomic mass is 9.91. The summed E-state index contributed by atoms with van der Waals surface area (Å²) in [5.41, 5.74) is 3.16. The van der Waals surface area contributed by atoms with E-state index in [2.05, 4.69) is 32.2 Å². The summed E-state index contributed by atoms with van der Waals surface area (Å²) in [4.78, 5) is 11.8. The van der Waals surface area contributed by atoms with E-state index in [1.807, 2.05) is 12.1 Å². The van der Waals surface area contributed by atoms with Gasteiger partial charge in [0.05, 0.1) is 0 Å². The summed E-state index contributed by atoms with van der Waals surface area (Å²) in [7, 11) is 0. The highest BCUT2D eigenvalue weighted by atomic mass is 16.1. The molecule has 80 valence electrons. The Labute approximate surface area is 90.7 Å². The molecule has 0 saturated carbocycles. The fourth-order valence-corrected chi connectivity index (χ4v) is 2.13. The van der Waals surface area contributed by atoms with Crippen molar-refractivity contribution in [3.05, 3.63) is 29.3 Å². The monoisotopic (exact) mass is 203 g/mol. The second kappa shape index (κ2) is 3.69. The molecule has 0 bridgehead atoms. The first-order valence-corrected chi connectivity index (χ1v) is 5.52. The van der Waals surface area contributed by atoms with Gasteiger partial charge in [0.15, 0.2) is 5.78 Å². The minimum atomic E-state index is 0.255. The van der Waals surface area contributed by atoms with Crippen LogP contribution in [0.2, 0.25) is 0 Å². The molecule has 0 spiro atoms. The van der Waals surface area contributed by atoms with E-state index in [0.29, 0.717) is 12.3 Å². The van der Waals surface area contributed by atoms with E-state index >= 15 is 0 Å². The Hall–Kier alpha value is -1.31. The summed E-state index contributed by atoms with van der Waals surface area (Å²) in [6, 6.07) is 6.25. The average molecular weight is 203 g/mol. The highest BCUT2D eigenvalue weighted by Crippen LogP contribution is 2.32. The second-order valence-electron chi connectivity index (χ2n) is 4.60. The van der Waals surface area contributed by atoms with Crippen LogP contribution in [0.25, 0.3) is 0 Å². The molecule has 1 N–H and O–H groups in total. The number of carbonyl (C=O) groups excluding carboxylic acids is 1. The van der Waals surface area contributed by atoms with Gasteiger partial charge in [0.25, 0.3) is 0 Å². The maximum atomic E-state index is 11.8. The molecule has 1 aromatic rings. The number of hydrogen-bond donors (Lipinski definition) is 1. The van der Waals surface area contributed by atoms with E-state index in [4.69, 9.17) is 0 Å². The van der Waals surface area contributed by atoms with Gasteiger partial charge in [-0.2, -0.15) is 0 Å². The lowest BCUT2D eigenvalue weighted by Gasteiger charge is -2.26. The lowest BCUT2D eigenvalue weighted by Crippen LogP contribution is -2.27. The molecule has 2 nitrogen and oxygen atoms in total. The third kappa shape index (κ3) is 1.76. The minimum Gasteiger partial charge on any atom is -0.381 e. The van der Waals surface area contributed by atoms with Crippen molar-refractivity contribution in [3.63, 3.8) is 0 Å². The van der Waals surface area contributed by atoms with Gasteiger partial charge in [-0.05, 0) is 24.5 Å². The van der Waals surface area contributed by atoms with Gasteiger partial charge in [0, 0.05) is 23.7 Å². The molecule has 2 rings (SSSR count). The van der Waals surface area contributed by atoms with Crippen molar-refractivity contribution in [2.75, 3.05) is 5.32 Å². The molecule has 0 radical (unpaired) electrons. The number of carbonyl (C=O) groups is 1. The maximum absolute atomic E-state index is 11.8. The van der Waals surface area contributed by atoms with Gasteiger partial charge in [-0.3, -0.25) is 4.79 Å². The molecule has 1 aliphatic heterocycles. The largest absolute Gasteiger partial charge is 0.381 e. The van der Waals surface area contributed by atoms with E-state index in [1.54, 1.807) is 0 Å². The third-order valence-electron chi connectivity index (χ3n) is 2.90. The van der Waals surface area contributed by atoms with Crippen LogP contribution in [0.1, 0.15) is 49.0 Å². The van der Waals surface area contributed by atoms with Crippen LogP contribution < -0.4 is 5.32 Å². The van der Waals surface area contributed by atoms with Crippen molar-refractivity contribution in [2.24, 2.45) is 0 Å². The topological polar surface area (TPSA) is 29.1 Å². The Kier molecular flexibility index (Phi) is 2.51. The molecule has 0 saturated heterocycles. The van der Waals surface area contributed by atoms with E-state index < -0.39 is 0 Å². The number of ketones is 1. The van der Waals surface area contributed by atoms with E-state index in [0.717, 1.165) is 11.3 Å². The van der Waals surface area contributed by atoms with Crippen LogP contribution in [0.4, 0.5) is 5.69 Å². The Balaban J connectivity index is 2.54. The maximum Gasteiger partial charge on any atom is 0.166 e. The first kappa shape index (κ1) is 10.2. The smallest absolute Gasteiger partial charge is 0.166 e. The molecular weight excluding hydrogens is 186 g/mol. The van der Waals surface area contributed by atoms with Crippen LogP contribution in [0.5, 0.6) is 0 Å². The third-order valence-corrected chi connectivity index (χ3v) is 2.90. The Bertz CT molecular complexity index is 396. The van der Waals surface area contributed by atoms with Gasteiger partial charge >= 0.3 is 0 Å². The second-order valence-corrected chi connectivity index (χ2v) is 4.60. The van der Waals surface area contributed by atoms with Crippen molar-refractivity contribution in [1.82, 2.24) is 0 Å². The Morgan fingerprint density at radius 1 is 1.40 bits per heavy atom. The summed E-state index contributed by atoms with van der Waals surface area (Å²) in [6.07, 6.45) is 0.606. The number of Topliss-reactive ketones (excluding diaryl/α,β-unsaturated/α-hetero) is 1. The van der Waals surface area contributed by atoms with Crippen molar-refractivity contribution >= 4 is 11.5 Å². The number of para-hydroxylation sites is 1. The van der Waals surface area contributed by atoms with Crippen molar-refractivity contribution in [3.8, 4) is 0 Å². The lowest BCUT2D eigenvalue weighted by molar-refractivity contribution is 0.0974. The fraction of sp³-hybridized carbons (Fsp3) is 0.462. The molecule has 2 heteroatoms. The molecule has 1 atom stereocenters.